The Kier molecular flexibility index (Phi) is 4.75. The molecule has 0 unspecified atom stereocenters. The average Bonchev–Trinajstić information content (AvgIpc) is 2.24. The van der Waals surface area contributed by atoms with Crippen molar-refractivity contribution < 1.29 is 13.9 Å². The minimum Gasteiger partial charge on any atom is -0.497 e. The number of carbonyl (C=O) groups is 1. The van der Waals surface area contributed by atoms with Crippen molar-refractivity contribution >= 4 is 21.7 Å². The Morgan fingerprint density at radius 3 is 2.80 bits per heavy atom. The van der Waals surface area contributed by atoms with Crippen molar-refractivity contribution in [2.75, 3.05) is 12.4 Å². The SMILES string of the molecule is COc1cc(F)cc(C(=O)CCCBr)c1. The number of hydrogen-bond donors (Lipinski definition) is 0. The quantitative estimate of drug-likeness (QED) is 0.609. The number of benzene rings is 1. The number of rotatable bonds is 5. The molecule has 0 radical (unpaired) electrons. The first kappa shape index (κ1) is 12.2. The minimum absolute atomic E-state index is 0.0627. The van der Waals surface area contributed by atoms with E-state index < -0.39 is 5.82 Å². The van der Waals surface area contributed by atoms with Gasteiger partial charge in [0.05, 0.1) is 7.11 Å². The smallest absolute Gasteiger partial charge is 0.163 e. The fraction of sp³-hybridized carbons (Fsp3) is 0.364. The van der Waals surface area contributed by atoms with E-state index in [0.29, 0.717) is 17.7 Å². The first-order valence-corrected chi connectivity index (χ1v) is 5.73. The molecule has 0 fully saturated rings. The lowest BCUT2D eigenvalue weighted by Crippen LogP contribution is -2.00. The zero-order valence-corrected chi connectivity index (χ0v) is 10.0. The van der Waals surface area contributed by atoms with Gasteiger partial charge in [-0.1, -0.05) is 15.9 Å². The first-order chi connectivity index (χ1) is 7.17. The van der Waals surface area contributed by atoms with Gasteiger partial charge in [0.2, 0.25) is 0 Å². The fourth-order valence-corrected chi connectivity index (χ4v) is 1.49. The summed E-state index contributed by atoms with van der Waals surface area (Å²) in [5.41, 5.74) is 0.368. The van der Waals surface area contributed by atoms with Gasteiger partial charge >= 0.3 is 0 Å². The van der Waals surface area contributed by atoms with E-state index in [9.17, 15) is 9.18 Å². The van der Waals surface area contributed by atoms with Gasteiger partial charge in [-0.25, -0.2) is 4.39 Å². The van der Waals surface area contributed by atoms with Gasteiger partial charge in [0, 0.05) is 23.4 Å². The van der Waals surface area contributed by atoms with Gasteiger partial charge in [0.25, 0.3) is 0 Å². The Morgan fingerprint density at radius 1 is 1.47 bits per heavy atom. The van der Waals surface area contributed by atoms with E-state index in [-0.39, 0.29) is 5.78 Å². The van der Waals surface area contributed by atoms with Crippen LogP contribution in [0.5, 0.6) is 5.75 Å². The Bertz CT molecular complexity index is 352. The van der Waals surface area contributed by atoms with E-state index in [2.05, 4.69) is 15.9 Å². The van der Waals surface area contributed by atoms with Gasteiger partial charge in [0.1, 0.15) is 11.6 Å². The zero-order chi connectivity index (χ0) is 11.3. The summed E-state index contributed by atoms with van der Waals surface area (Å²) in [5, 5.41) is 0.769. The van der Waals surface area contributed by atoms with Gasteiger partial charge in [-0.15, -0.1) is 0 Å². The lowest BCUT2D eigenvalue weighted by Gasteiger charge is -2.04. The van der Waals surface area contributed by atoms with E-state index in [1.54, 1.807) is 6.07 Å². The van der Waals surface area contributed by atoms with Crippen LogP contribution in [0.2, 0.25) is 0 Å². The maximum atomic E-state index is 13.1. The van der Waals surface area contributed by atoms with Crippen LogP contribution in [0.4, 0.5) is 4.39 Å². The van der Waals surface area contributed by atoms with E-state index in [4.69, 9.17) is 4.74 Å². The third-order valence-corrected chi connectivity index (χ3v) is 2.53. The van der Waals surface area contributed by atoms with E-state index >= 15 is 0 Å². The molecule has 0 spiro atoms. The average molecular weight is 275 g/mol. The number of hydrogen-bond acceptors (Lipinski definition) is 2. The summed E-state index contributed by atoms with van der Waals surface area (Å²) < 4.78 is 17.9. The monoisotopic (exact) mass is 274 g/mol. The molecule has 0 aliphatic rings. The highest BCUT2D eigenvalue weighted by Crippen LogP contribution is 2.17. The Morgan fingerprint density at radius 2 is 2.20 bits per heavy atom. The molecule has 15 heavy (non-hydrogen) atoms. The largest absolute Gasteiger partial charge is 0.497 e. The van der Waals surface area contributed by atoms with Gasteiger partial charge in [-0.05, 0) is 18.6 Å². The molecule has 0 N–H and O–H groups in total. The lowest BCUT2D eigenvalue weighted by atomic mass is 10.1. The van der Waals surface area contributed by atoms with Crippen molar-refractivity contribution in [2.24, 2.45) is 0 Å². The summed E-state index contributed by atoms with van der Waals surface area (Å²) in [5.74, 6) is -0.138. The molecule has 0 atom stereocenters. The van der Waals surface area contributed by atoms with Crippen LogP contribution in [0.1, 0.15) is 23.2 Å². The molecular formula is C11H12BrFO2. The molecule has 0 aromatic heterocycles. The molecule has 1 aromatic rings. The molecule has 1 aromatic carbocycles. The van der Waals surface area contributed by atoms with Gasteiger partial charge in [-0.2, -0.15) is 0 Å². The molecule has 0 amide bonds. The fourth-order valence-electron chi connectivity index (χ4n) is 1.21. The number of alkyl halides is 1. The lowest BCUT2D eigenvalue weighted by molar-refractivity contribution is 0.0981. The van der Waals surface area contributed by atoms with Crippen LogP contribution in [0.15, 0.2) is 18.2 Å². The highest BCUT2D eigenvalue weighted by Gasteiger charge is 2.08. The van der Waals surface area contributed by atoms with Gasteiger partial charge in [0.15, 0.2) is 5.78 Å². The number of carbonyl (C=O) groups excluding carboxylic acids is 1. The van der Waals surface area contributed by atoms with E-state index in [1.807, 2.05) is 0 Å². The third kappa shape index (κ3) is 3.63. The number of ketones is 1. The highest BCUT2D eigenvalue weighted by atomic mass is 79.9. The van der Waals surface area contributed by atoms with Crippen LogP contribution in [-0.4, -0.2) is 18.2 Å². The van der Waals surface area contributed by atoms with Gasteiger partial charge in [-0.3, -0.25) is 4.79 Å². The summed E-state index contributed by atoms with van der Waals surface area (Å²) in [6.07, 6.45) is 1.16. The molecule has 0 heterocycles. The molecule has 4 heteroatoms. The van der Waals surface area contributed by atoms with Crippen LogP contribution < -0.4 is 4.74 Å². The summed E-state index contributed by atoms with van der Waals surface area (Å²) in [4.78, 5) is 11.6. The topological polar surface area (TPSA) is 26.3 Å². The first-order valence-electron chi connectivity index (χ1n) is 4.61. The van der Waals surface area contributed by atoms with Gasteiger partial charge < -0.3 is 4.74 Å². The molecule has 0 aliphatic carbocycles. The number of methoxy groups -OCH3 is 1. The van der Waals surface area contributed by atoms with Crippen molar-refractivity contribution in [1.82, 2.24) is 0 Å². The predicted octanol–water partition coefficient (Wildman–Crippen LogP) is 3.19. The summed E-state index contributed by atoms with van der Waals surface area (Å²) in [7, 11) is 1.45. The molecule has 0 saturated carbocycles. The second-order valence-electron chi connectivity index (χ2n) is 3.10. The Hall–Kier alpha value is -0.900. The minimum atomic E-state index is -0.448. The zero-order valence-electron chi connectivity index (χ0n) is 8.43. The van der Waals surface area contributed by atoms with E-state index in [0.717, 1.165) is 11.8 Å². The Labute approximate surface area is 96.6 Å². The second-order valence-corrected chi connectivity index (χ2v) is 3.89. The molecule has 82 valence electrons. The van der Waals surface area contributed by atoms with Crippen molar-refractivity contribution in [3.8, 4) is 5.75 Å². The maximum Gasteiger partial charge on any atom is 0.163 e. The number of ether oxygens (including phenoxy) is 1. The predicted molar refractivity (Wildman–Crippen MR) is 60.3 cm³/mol. The standard InChI is InChI=1S/C11H12BrFO2/c1-15-10-6-8(5-9(13)7-10)11(14)3-2-4-12/h5-7H,2-4H2,1H3. The van der Waals surface area contributed by atoms with Crippen molar-refractivity contribution in [2.45, 2.75) is 12.8 Å². The van der Waals surface area contributed by atoms with Crippen LogP contribution >= 0.6 is 15.9 Å². The van der Waals surface area contributed by atoms with Crippen molar-refractivity contribution in [1.29, 1.82) is 0 Å². The Balaban J connectivity index is 2.83. The van der Waals surface area contributed by atoms with Crippen LogP contribution in [0, 0.1) is 5.82 Å². The molecule has 2 nitrogen and oxygen atoms in total. The molecular weight excluding hydrogens is 263 g/mol. The molecule has 1 rings (SSSR count). The van der Waals surface area contributed by atoms with Crippen LogP contribution in [-0.2, 0) is 0 Å². The maximum absolute atomic E-state index is 13.1. The molecule has 0 saturated heterocycles. The highest BCUT2D eigenvalue weighted by molar-refractivity contribution is 9.09. The second kappa shape index (κ2) is 5.85. The number of halogens is 2. The normalized spacial score (nSPS) is 10.1. The summed E-state index contributed by atoms with van der Waals surface area (Å²) in [6.45, 7) is 0. The van der Waals surface area contributed by atoms with Crippen LogP contribution in [0.25, 0.3) is 0 Å². The summed E-state index contributed by atoms with van der Waals surface area (Å²) >= 11 is 3.24. The summed E-state index contributed by atoms with van der Waals surface area (Å²) in [6, 6.07) is 4.04. The van der Waals surface area contributed by atoms with Crippen molar-refractivity contribution in [3.63, 3.8) is 0 Å². The number of Topliss-reactive ketones (excluding diaryl/α,β-unsaturated/α-hetero) is 1. The van der Waals surface area contributed by atoms with Crippen LogP contribution in [0.3, 0.4) is 0 Å². The third-order valence-electron chi connectivity index (χ3n) is 1.97. The molecule has 0 bridgehead atoms. The molecule has 0 aliphatic heterocycles. The van der Waals surface area contributed by atoms with Crippen molar-refractivity contribution in [3.05, 3.63) is 29.6 Å². The van der Waals surface area contributed by atoms with E-state index in [1.165, 1.54) is 19.2 Å².